The van der Waals surface area contributed by atoms with Gasteiger partial charge in [0, 0.05) is 22.3 Å². The molecule has 6 heteroatoms. The van der Waals surface area contributed by atoms with Gasteiger partial charge in [-0.05, 0) is 97.1 Å². The number of ether oxygens (including phenoxy) is 1. The molecule has 4 aromatic carbocycles. The SMILES string of the molecule is CCCOc1ccc(C#Cc2cc(F)c(-c3cc(F)c(-c4cc(F)c(C)c(F)c4)c(F)c3)cc2CCC)cc1. The molecular formula is C33H27F5O. The fourth-order valence-electron chi connectivity index (χ4n) is 4.22. The molecule has 0 aromatic heterocycles. The molecule has 0 radical (unpaired) electrons. The van der Waals surface area contributed by atoms with E-state index in [9.17, 15) is 8.78 Å². The van der Waals surface area contributed by atoms with Crippen molar-refractivity contribution in [2.75, 3.05) is 6.61 Å². The van der Waals surface area contributed by atoms with E-state index in [1.165, 1.54) is 13.0 Å². The van der Waals surface area contributed by atoms with Crippen molar-refractivity contribution in [2.45, 2.75) is 40.0 Å². The molecule has 0 N–H and O–H groups in total. The van der Waals surface area contributed by atoms with Crippen molar-refractivity contribution in [3.63, 3.8) is 0 Å². The molecule has 0 aliphatic carbocycles. The Hall–Kier alpha value is -4.11. The Kier molecular flexibility index (Phi) is 8.71. The first kappa shape index (κ1) is 27.9. The first-order chi connectivity index (χ1) is 18.7. The summed E-state index contributed by atoms with van der Waals surface area (Å²) in [5, 5.41) is 0. The van der Waals surface area contributed by atoms with E-state index in [2.05, 4.69) is 11.8 Å². The van der Waals surface area contributed by atoms with Gasteiger partial charge in [-0.3, -0.25) is 0 Å². The lowest BCUT2D eigenvalue weighted by Crippen LogP contribution is -1.99. The molecule has 0 atom stereocenters. The second kappa shape index (κ2) is 12.2. The Bertz CT molecular complexity index is 1520. The maximum atomic E-state index is 15.3. The van der Waals surface area contributed by atoms with E-state index in [0.29, 0.717) is 18.6 Å². The van der Waals surface area contributed by atoms with Gasteiger partial charge < -0.3 is 4.74 Å². The van der Waals surface area contributed by atoms with Gasteiger partial charge in [0.2, 0.25) is 0 Å². The number of hydrogen-bond donors (Lipinski definition) is 0. The maximum Gasteiger partial charge on any atom is 0.134 e. The second-order valence-electron chi connectivity index (χ2n) is 9.24. The summed E-state index contributed by atoms with van der Waals surface area (Å²) in [6.45, 7) is 5.84. The Morgan fingerprint density at radius 3 is 1.87 bits per heavy atom. The topological polar surface area (TPSA) is 9.23 Å². The van der Waals surface area contributed by atoms with Crippen LogP contribution < -0.4 is 4.74 Å². The van der Waals surface area contributed by atoms with Crippen molar-refractivity contribution in [3.8, 4) is 39.8 Å². The highest BCUT2D eigenvalue weighted by molar-refractivity contribution is 5.73. The molecule has 0 unspecified atom stereocenters. The van der Waals surface area contributed by atoms with Crippen LogP contribution >= 0.6 is 0 Å². The third kappa shape index (κ3) is 6.31. The van der Waals surface area contributed by atoms with E-state index in [4.69, 9.17) is 4.74 Å². The molecule has 4 rings (SSSR count). The van der Waals surface area contributed by atoms with Crippen molar-refractivity contribution < 1.29 is 26.7 Å². The third-order valence-electron chi connectivity index (χ3n) is 6.30. The molecule has 0 spiro atoms. The fraction of sp³-hybridized carbons (Fsp3) is 0.212. The first-order valence-corrected chi connectivity index (χ1v) is 12.7. The summed E-state index contributed by atoms with van der Waals surface area (Å²) in [5.74, 6) is 2.15. The third-order valence-corrected chi connectivity index (χ3v) is 6.30. The molecule has 0 heterocycles. The Labute approximate surface area is 225 Å². The van der Waals surface area contributed by atoms with E-state index in [1.54, 1.807) is 6.07 Å². The Morgan fingerprint density at radius 2 is 1.28 bits per heavy atom. The van der Waals surface area contributed by atoms with Crippen molar-refractivity contribution in [1.82, 2.24) is 0 Å². The molecule has 0 bridgehead atoms. The lowest BCUT2D eigenvalue weighted by molar-refractivity contribution is 0.317. The predicted molar refractivity (Wildman–Crippen MR) is 144 cm³/mol. The van der Waals surface area contributed by atoms with Gasteiger partial charge in [-0.25, -0.2) is 22.0 Å². The monoisotopic (exact) mass is 534 g/mol. The zero-order valence-electron chi connectivity index (χ0n) is 21.9. The lowest BCUT2D eigenvalue weighted by Gasteiger charge is -2.13. The van der Waals surface area contributed by atoms with E-state index < -0.39 is 34.6 Å². The van der Waals surface area contributed by atoms with Gasteiger partial charge in [0.15, 0.2) is 0 Å². The highest BCUT2D eigenvalue weighted by atomic mass is 19.1. The van der Waals surface area contributed by atoms with Gasteiger partial charge in [-0.2, -0.15) is 0 Å². The zero-order valence-corrected chi connectivity index (χ0v) is 21.9. The molecule has 0 aliphatic heterocycles. The van der Waals surface area contributed by atoms with Crippen LogP contribution in [0.3, 0.4) is 0 Å². The van der Waals surface area contributed by atoms with Gasteiger partial charge in [0.25, 0.3) is 0 Å². The van der Waals surface area contributed by atoms with Crippen molar-refractivity contribution in [2.24, 2.45) is 0 Å². The molecule has 0 fully saturated rings. The average molecular weight is 535 g/mol. The number of hydrogen-bond acceptors (Lipinski definition) is 1. The summed E-state index contributed by atoms with van der Waals surface area (Å²) in [5.41, 5.74) is 0.812. The molecule has 39 heavy (non-hydrogen) atoms. The van der Waals surface area contributed by atoms with Crippen LogP contribution in [0.4, 0.5) is 22.0 Å². The van der Waals surface area contributed by atoms with E-state index in [0.717, 1.165) is 54.0 Å². The Morgan fingerprint density at radius 1 is 0.667 bits per heavy atom. The number of rotatable bonds is 7. The summed E-state index contributed by atoms with van der Waals surface area (Å²) < 4.78 is 79.0. The van der Waals surface area contributed by atoms with E-state index >= 15 is 13.2 Å². The molecule has 0 saturated carbocycles. The molecule has 1 nitrogen and oxygen atoms in total. The smallest absolute Gasteiger partial charge is 0.134 e. The van der Waals surface area contributed by atoms with Crippen LogP contribution in [0.1, 0.15) is 48.9 Å². The van der Waals surface area contributed by atoms with Gasteiger partial charge in [0.1, 0.15) is 34.8 Å². The minimum absolute atomic E-state index is 0.00652. The van der Waals surface area contributed by atoms with Crippen LogP contribution in [0.2, 0.25) is 0 Å². The summed E-state index contributed by atoms with van der Waals surface area (Å²) in [6.07, 6.45) is 2.22. The van der Waals surface area contributed by atoms with E-state index in [-0.39, 0.29) is 22.3 Å². The normalized spacial score (nSPS) is 10.8. The molecule has 4 aromatic rings. The van der Waals surface area contributed by atoms with Gasteiger partial charge in [-0.1, -0.05) is 32.1 Å². The number of halogens is 5. The average Bonchev–Trinajstić information content (AvgIpc) is 2.90. The summed E-state index contributed by atoms with van der Waals surface area (Å²) >= 11 is 0. The fourth-order valence-corrected chi connectivity index (χ4v) is 4.22. The second-order valence-corrected chi connectivity index (χ2v) is 9.24. The van der Waals surface area contributed by atoms with Crippen LogP contribution in [-0.4, -0.2) is 6.61 Å². The molecular weight excluding hydrogens is 507 g/mol. The lowest BCUT2D eigenvalue weighted by atomic mass is 9.94. The van der Waals surface area contributed by atoms with Crippen LogP contribution in [0.25, 0.3) is 22.3 Å². The highest BCUT2D eigenvalue weighted by Gasteiger charge is 2.19. The van der Waals surface area contributed by atoms with Crippen LogP contribution in [-0.2, 0) is 6.42 Å². The number of aryl methyl sites for hydroxylation is 1. The minimum atomic E-state index is -1.06. The highest BCUT2D eigenvalue weighted by Crippen LogP contribution is 2.34. The summed E-state index contributed by atoms with van der Waals surface area (Å²) in [6, 6.07) is 13.8. The molecule has 200 valence electrons. The van der Waals surface area contributed by atoms with Crippen LogP contribution in [0.15, 0.2) is 60.7 Å². The Balaban J connectivity index is 1.70. The molecule has 0 saturated heterocycles. The van der Waals surface area contributed by atoms with Crippen LogP contribution in [0.5, 0.6) is 5.75 Å². The maximum absolute atomic E-state index is 15.3. The van der Waals surface area contributed by atoms with Crippen molar-refractivity contribution in [3.05, 3.63) is 112 Å². The summed E-state index contributed by atoms with van der Waals surface area (Å²) in [7, 11) is 0. The van der Waals surface area contributed by atoms with Crippen molar-refractivity contribution in [1.29, 1.82) is 0 Å². The molecule has 0 amide bonds. The summed E-state index contributed by atoms with van der Waals surface area (Å²) in [4.78, 5) is 0. The zero-order chi connectivity index (χ0) is 28.1. The standard InChI is InChI=1S/C33H27F5O/c1-4-6-22-14-27(30(36)15-23(22)10-7-21-8-11-26(12-9-21)39-13-5-2)24-16-31(37)33(32(38)17-24)25-18-28(34)20(3)29(35)19-25/h8-9,11-12,14-19H,4-6,13H2,1-3H3. The van der Waals surface area contributed by atoms with Gasteiger partial charge >= 0.3 is 0 Å². The minimum Gasteiger partial charge on any atom is -0.494 e. The quantitative estimate of drug-likeness (QED) is 0.170. The number of benzene rings is 4. The van der Waals surface area contributed by atoms with Gasteiger partial charge in [-0.15, -0.1) is 0 Å². The molecule has 0 aliphatic rings. The van der Waals surface area contributed by atoms with Gasteiger partial charge in [0.05, 0.1) is 12.2 Å². The largest absolute Gasteiger partial charge is 0.494 e. The predicted octanol–water partition coefficient (Wildman–Crippen LogP) is 9.17. The first-order valence-electron chi connectivity index (χ1n) is 12.7. The van der Waals surface area contributed by atoms with Crippen molar-refractivity contribution >= 4 is 0 Å². The van der Waals surface area contributed by atoms with E-state index in [1.807, 2.05) is 38.1 Å². The van der Waals surface area contributed by atoms with Crippen LogP contribution in [0, 0.1) is 47.9 Å².